The average molecular weight is 380 g/mol. The highest BCUT2D eigenvalue weighted by Crippen LogP contribution is 2.24. The average Bonchev–Trinajstić information content (AvgIpc) is 3.04. The molecule has 0 unspecified atom stereocenters. The number of hydrogen-bond donors (Lipinski definition) is 2. The fourth-order valence-corrected chi connectivity index (χ4v) is 4.68. The first-order chi connectivity index (χ1) is 11.9. The molecule has 134 valence electrons. The van der Waals surface area contributed by atoms with Gasteiger partial charge < -0.3 is 10.2 Å². The number of anilines is 2. The summed E-state index contributed by atoms with van der Waals surface area (Å²) in [5, 5.41) is 7.97. The molecule has 1 amide bonds. The summed E-state index contributed by atoms with van der Waals surface area (Å²) in [6, 6.07) is 10.9. The van der Waals surface area contributed by atoms with Crippen molar-refractivity contribution in [1.29, 1.82) is 0 Å². The summed E-state index contributed by atoms with van der Waals surface area (Å²) in [5.41, 5.74) is 1.86. The Labute approximate surface area is 151 Å². The highest BCUT2D eigenvalue weighted by atomic mass is 32.2. The van der Waals surface area contributed by atoms with Crippen LogP contribution in [0.3, 0.4) is 0 Å². The summed E-state index contributed by atoms with van der Waals surface area (Å²) in [6.07, 6.45) is 3.78. The fourth-order valence-electron chi connectivity index (χ4n) is 2.90. The summed E-state index contributed by atoms with van der Waals surface area (Å²) in [5.74, 6) is -0.182. The van der Waals surface area contributed by atoms with Gasteiger partial charge in [-0.15, -0.1) is 11.3 Å². The number of amides is 1. The van der Waals surface area contributed by atoms with Gasteiger partial charge in [-0.05, 0) is 49.6 Å². The second-order valence-corrected chi connectivity index (χ2v) is 9.05. The number of hydrogen-bond acceptors (Lipinski definition) is 5. The van der Waals surface area contributed by atoms with Crippen molar-refractivity contribution >= 4 is 38.6 Å². The molecule has 2 aromatic rings. The number of sulfonamides is 1. The summed E-state index contributed by atoms with van der Waals surface area (Å²) < 4.78 is 22.7. The molecule has 0 spiro atoms. The zero-order chi connectivity index (χ0) is 17.9. The molecule has 6 nitrogen and oxygen atoms in total. The monoisotopic (exact) mass is 379 g/mol. The molecule has 0 radical (unpaired) electrons. The Morgan fingerprint density at radius 3 is 2.60 bits per heavy atom. The van der Waals surface area contributed by atoms with Crippen LogP contribution in [0.4, 0.5) is 11.4 Å². The lowest BCUT2D eigenvalue weighted by molar-refractivity contribution is -0.115. The predicted octanol–water partition coefficient (Wildman–Crippen LogP) is 2.57. The van der Waals surface area contributed by atoms with E-state index >= 15 is 0 Å². The largest absolute Gasteiger partial charge is 0.371 e. The van der Waals surface area contributed by atoms with Crippen LogP contribution in [0.15, 0.2) is 40.6 Å². The Morgan fingerprint density at radius 1 is 1.16 bits per heavy atom. The van der Waals surface area contributed by atoms with Crippen molar-refractivity contribution in [3.05, 3.63) is 41.3 Å². The molecule has 3 N–H and O–H groups in total. The van der Waals surface area contributed by atoms with Crippen molar-refractivity contribution in [2.24, 2.45) is 5.14 Å². The summed E-state index contributed by atoms with van der Waals surface area (Å²) in [7, 11) is -3.71. The van der Waals surface area contributed by atoms with Crippen molar-refractivity contribution in [2.75, 3.05) is 23.3 Å². The minimum Gasteiger partial charge on any atom is -0.371 e. The van der Waals surface area contributed by atoms with Gasteiger partial charge in [0, 0.05) is 29.3 Å². The van der Waals surface area contributed by atoms with Crippen LogP contribution < -0.4 is 15.4 Å². The number of carbonyl (C=O) groups excluding carboxylic acids is 1. The van der Waals surface area contributed by atoms with E-state index in [1.807, 2.05) is 18.2 Å². The van der Waals surface area contributed by atoms with E-state index in [1.54, 1.807) is 6.07 Å². The van der Waals surface area contributed by atoms with Crippen LogP contribution in [0, 0.1) is 0 Å². The highest BCUT2D eigenvalue weighted by Gasteiger charge is 2.14. The number of nitrogens with one attached hydrogen (secondary N) is 1. The van der Waals surface area contributed by atoms with Gasteiger partial charge in [-0.25, -0.2) is 13.6 Å². The lowest BCUT2D eigenvalue weighted by Crippen LogP contribution is -2.29. The molecule has 0 atom stereocenters. The molecule has 2 heterocycles. The zero-order valence-electron chi connectivity index (χ0n) is 13.8. The first-order valence-corrected chi connectivity index (χ1v) is 10.5. The Balaban J connectivity index is 1.64. The number of benzene rings is 1. The van der Waals surface area contributed by atoms with Crippen molar-refractivity contribution < 1.29 is 13.2 Å². The van der Waals surface area contributed by atoms with Crippen LogP contribution in [0.2, 0.25) is 0 Å². The van der Waals surface area contributed by atoms with Gasteiger partial charge in [-0.2, -0.15) is 0 Å². The molecule has 1 aliphatic rings. The SMILES string of the molecule is NS(=O)(=O)c1ccc(CC(=O)Nc2cccc(N3CCCCC3)c2)s1. The Hall–Kier alpha value is -1.90. The quantitative estimate of drug-likeness (QED) is 0.835. The molecule has 0 bridgehead atoms. The molecule has 8 heteroatoms. The van der Waals surface area contributed by atoms with E-state index in [1.165, 1.54) is 25.3 Å². The Kier molecular flexibility index (Phi) is 5.41. The minimum atomic E-state index is -3.71. The van der Waals surface area contributed by atoms with Crippen molar-refractivity contribution in [1.82, 2.24) is 0 Å². The van der Waals surface area contributed by atoms with Crippen LogP contribution >= 0.6 is 11.3 Å². The first kappa shape index (κ1) is 17.9. The van der Waals surface area contributed by atoms with E-state index in [0.29, 0.717) is 4.88 Å². The predicted molar refractivity (Wildman–Crippen MR) is 101 cm³/mol. The number of carbonyl (C=O) groups is 1. The molecule has 25 heavy (non-hydrogen) atoms. The van der Waals surface area contributed by atoms with Crippen LogP contribution in [-0.4, -0.2) is 27.4 Å². The first-order valence-electron chi connectivity index (χ1n) is 8.18. The molecule has 1 aromatic heterocycles. The van der Waals surface area contributed by atoms with Crippen molar-refractivity contribution in [2.45, 2.75) is 29.9 Å². The Morgan fingerprint density at radius 2 is 1.92 bits per heavy atom. The number of nitrogens with two attached hydrogens (primary N) is 1. The number of primary sulfonamides is 1. The van der Waals surface area contributed by atoms with E-state index in [-0.39, 0.29) is 16.5 Å². The smallest absolute Gasteiger partial charge is 0.247 e. The standard InChI is InChI=1S/C17H21N3O3S2/c18-25(22,23)17-8-7-15(24-17)12-16(21)19-13-5-4-6-14(11-13)20-9-2-1-3-10-20/h4-8,11H,1-3,9-10,12H2,(H,19,21)(H2,18,22,23). The fraction of sp³-hybridized carbons (Fsp3) is 0.353. The molecule has 1 aromatic carbocycles. The van der Waals surface area contributed by atoms with Crippen LogP contribution in [0.1, 0.15) is 24.1 Å². The van der Waals surface area contributed by atoms with Crippen LogP contribution in [-0.2, 0) is 21.2 Å². The van der Waals surface area contributed by atoms with Crippen LogP contribution in [0.5, 0.6) is 0 Å². The number of nitrogens with zero attached hydrogens (tertiary/aromatic N) is 1. The molecule has 1 fully saturated rings. The third kappa shape index (κ3) is 4.81. The second-order valence-electron chi connectivity index (χ2n) is 6.09. The van der Waals surface area contributed by atoms with Gasteiger partial charge >= 0.3 is 0 Å². The summed E-state index contributed by atoms with van der Waals surface area (Å²) >= 11 is 1.02. The molecule has 1 saturated heterocycles. The molecule has 0 aliphatic carbocycles. The van der Waals surface area contributed by atoms with E-state index in [9.17, 15) is 13.2 Å². The molecule has 3 rings (SSSR count). The Bertz CT molecular complexity index is 856. The van der Waals surface area contributed by atoms with Gasteiger partial charge in [-0.1, -0.05) is 6.07 Å². The van der Waals surface area contributed by atoms with E-state index in [2.05, 4.69) is 16.3 Å². The minimum absolute atomic E-state index is 0.0717. The number of thiophene rings is 1. The molecular formula is C17H21N3O3S2. The highest BCUT2D eigenvalue weighted by molar-refractivity contribution is 7.91. The summed E-state index contributed by atoms with van der Waals surface area (Å²) in [4.78, 5) is 15.2. The van der Waals surface area contributed by atoms with Gasteiger partial charge in [0.05, 0.1) is 6.42 Å². The normalized spacial score (nSPS) is 15.2. The zero-order valence-corrected chi connectivity index (χ0v) is 15.4. The van der Waals surface area contributed by atoms with Crippen molar-refractivity contribution in [3.63, 3.8) is 0 Å². The molecule has 0 saturated carbocycles. The van der Waals surface area contributed by atoms with Gasteiger partial charge in [0.25, 0.3) is 0 Å². The topological polar surface area (TPSA) is 92.5 Å². The van der Waals surface area contributed by atoms with E-state index < -0.39 is 10.0 Å². The third-order valence-electron chi connectivity index (χ3n) is 4.10. The van der Waals surface area contributed by atoms with Gasteiger partial charge in [-0.3, -0.25) is 4.79 Å². The maximum absolute atomic E-state index is 12.2. The maximum atomic E-state index is 12.2. The second kappa shape index (κ2) is 7.55. The lowest BCUT2D eigenvalue weighted by atomic mass is 10.1. The summed E-state index contributed by atoms with van der Waals surface area (Å²) in [6.45, 7) is 2.09. The maximum Gasteiger partial charge on any atom is 0.247 e. The number of piperidine rings is 1. The van der Waals surface area contributed by atoms with Crippen LogP contribution in [0.25, 0.3) is 0 Å². The molecule has 1 aliphatic heterocycles. The third-order valence-corrected chi connectivity index (χ3v) is 6.63. The lowest BCUT2D eigenvalue weighted by Gasteiger charge is -2.29. The van der Waals surface area contributed by atoms with E-state index in [4.69, 9.17) is 5.14 Å². The van der Waals surface area contributed by atoms with Gasteiger partial charge in [0.2, 0.25) is 15.9 Å². The number of rotatable bonds is 5. The van der Waals surface area contributed by atoms with Gasteiger partial charge in [0.15, 0.2) is 0 Å². The van der Waals surface area contributed by atoms with Gasteiger partial charge in [0.1, 0.15) is 4.21 Å². The van der Waals surface area contributed by atoms with Crippen molar-refractivity contribution in [3.8, 4) is 0 Å². The van der Waals surface area contributed by atoms with E-state index in [0.717, 1.165) is 35.8 Å². The molecular weight excluding hydrogens is 358 g/mol.